The van der Waals surface area contributed by atoms with Crippen molar-refractivity contribution in [3.8, 4) is 0 Å². The SMILES string of the molecule is Cc1ccc(NC(=O)Cc2ccccc2F)c(C)c1. The first-order valence-corrected chi connectivity index (χ1v) is 6.17. The van der Waals surface area contributed by atoms with E-state index < -0.39 is 0 Å². The highest BCUT2D eigenvalue weighted by atomic mass is 19.1. The van der Waals surface area contributed by atoms with Gasteiger partial charge in [0.15, 0.2) is 0 Å². The molecule has 0 saturated carbocycles. The Bertz CT molecular complexity index is 607. The van der Waals surface area contributed by atoms with Gasteiger partial charge in [-0.1, -0.05) is 35.9 Å². The zero-order valence-corrected chi connectivity index (χ0v) is 11.0. The van der Waals surface area contributed by atoms with Gasteiger partial charge in [-0.25, -0.2) is 4.39 Å². The summed E-state index contributed by atoms with van der Waals surface area (Å²) in [5.74, 6) is -0.560. The molecule has 0 radical (unpaired) electrons. The number of aryl methyl sites for hydroxylation is 2. The zero-order chi connectivity index (χ0) is 13.8. The molecule has 2 aromatic rings. The number of amides is 1. The quantitative estimate of drug-likeness (QED) is 0.894. The smallest absolute Gasteiger partial charge is 0.228 e. The van der Waals surface area contributed by atoms with E-state index in [0.29, 0.717) is 5.56 Å². The predicted molar refractivity (Wildman–Crippen MR) is 74.6 cm³/mol. The number of carbonyl (C=O) groups is 1. The van der Waals surface area contributed by atoms with Crippen molar-refractivity contribution in [2.75, 3.05) is 5.32 Å². The van der Waals surface area contributed by atoms with Crippen LogP contribution in [0.4, 0.5) is 10.1 Å². The van der Waals surface area contributed by atoms with E-state index in [-0.39, 0.29) is 18.1 Å². The molecule has 0 heterocycles. The molecule has 1 amide bonds. The van der Waals surface area contributed by atoms with Gasteiger partial charge >= 0.3 is 0 Å². The minimum atomic E-state index is -0.349. The summed E-state index contributed by atoms with van der Waals surface area (Å²) in [4.78, 5) is 11.9. The molecular weight excluding hydrogens is 241 g/mol. The van der Waals surface area contributed by atoms with E-state index in [0.717, 1.165) is 16.8 Å². The second-order valence-corrected chi connectivity index (χ2v) is 4.63. The van der Waals surface area contributed by atoms with Crippen molar-refractivity contribution < 1.29 is 9.18 Å². The average Bonchev–Trinajstić information content (AvgIpc) is 2.36. The van der Waals surface area contributed by atoms with Gasteiger partial charge in [0.05, 0.1) is 6.42 Å². The van der Waals surface area contributed by atoms with Gasteiger partial charge in [-0.15, -0.1) is 0 Å². The molecule has 0 aliphatic heterocycles. The second kappa shape index (κ2) is 5.65. The summed E-state index contributed by atoms with van der Waals surface area (Å²) in [6, 6.07) is 12.1. The molecule has 2 rings (SSSR count). The van der Waals surface area contributed by atoms with Gasteiger partial charge in [-0.3, -0.25) is 4.79 Å². The second-order valence-electron chi connectivity index (χ2n) is 4.63. The van der Waals surface area contributed by atoms with E-state index in [1.165, 1.54) is 6.07 Å². The lowest BCUT2D eigenvalue weighted by Crippen LogP contribution is -2.15. The van der Waals surface area contributed by atoms with Crippen LogP contribution in [0.3, 0.4) is 0 Å². The van der Waals surface area contributed by atoms with Crippen LogP contribution in [-0.4, -0.2) is 5.91 Å². The Morgan fingerprint density at radius 3 is 2.58 bits per heavy atom. The first-order chi connectivity index (χ1) is 9.06. The molecule has 0 spiro atoms. The van der Waals surface area contributed by atoms with Gasteiger partial charge in [0.1, 0.15) is 5.82 Å². The number of anilines is 1. The van der Waals surface area contributed by atoms with Gasteiger partial charge in [0.25, 0.3) is 0 Å². The standard InChI is InChI=1S/C16H16FNO/c1-11-7-8-15(12(2)9-11)18-16(19)10-13-5-3-4-6-14(13)17/h3-9H,10H2,1-2H3,(H,18,19). The number of hydrogen-bond donors (Lipinski definition) is 1. The van der Waals surface area contributed by atoms with Crippen molar-refractivity contribution in [2.45, 2.75) is 20.3 Å². The average molecular weight is 257 g/mol. The fraction of sp³-hybridized carbons (Fsp3) is 0.188. The van der Waals surface area contributed by atoms with Crippen LogP contribution in [0.15, 0.2) is 42.5 Å². The maximum absolute atomic E-state index is 13.4. The van der Waals surface area contributed by atoms with E-state index in [9.17, 15) is 9.18 Å². The molecule has 0 unspecified atom stereocenters. The fourth-order valence-electron chi connectivity index (χ4n) is 1.96. The van der Waals surface area contributed by atoms with Crippen molar-refractivity contribution in [1.29, 1.82) is 0 Å². The van der Waals surface area contributed by atoms with Crippen LogP contribution in [0.1, 0.15) is 16.7 Å². The van der Waals surface area contributed by atoms with Gasteiger partial charge in [0, 0.05) is 5.69 Å². The number of nitrogens with one attached hydrogen (secondary N) is 1. The molecule has 3 heteroatoms. The van der Waals surface area contributed by atoms with E-state index in [1.807, 2.05) is 32.0 Å². The fourth-order valence-corrected chi connectivity index (χ4v) is 1.96. The van der Waals surface area contributed by atoms with E-state index >= 15 is 0 Å². The van der Waals surface area contributed by atoms with Crippen LogP contribution in [0.2, 0.25) is 0 Å². The van der Waals surface area contributed by atoms with Crippen molar-refractivity contribution in [1.82, 2.24) is 0 Å². The molecule has 0 bridgehead atoms. The summed E-state index contributed by atoms with van der Waals surface area (Å²) in [7, 11) is 0. The Balaban J connectivity index is 2.08. The van der Waals surface area contributed by atoms with Crippen LogP contribution in [0.25, 0.3) is 0 Å². The number of hydrogen-bond acceptors (Lipinski definition) is 1. The summed E-state index contributed by atoms with van der Waals surface area (Å²) in [6.45, 7) is 3.93. The van der Waals surface area contributed by atoms with Crippen LogP contribution in [0.5, 0.6) is 0 Å². The molecule has 0 aliphatic rings. The summed E-state index contributed by atoms with van der Waals surface area (Å²) >= 11 is 0. The van der Waals surface area contributed by atoms with E-state index in [4.69, 9.17) is 0 Å². The molecule has 2 aromatic carbocycles. The molecule has 0 fully saturated rings. The van der Waals surface area contributed by atoms with Crippen molar-refractivity contribution >= 4 is 11.6 Å². The number of benzene rings is 2. The molecule has 0 aromatic heterocycles. The van der Waals surface area contributed by atoms with Crippen molar-refractivity contribution in [3.05, 3.63) is 65.0 Å². The van der Waals surface area contributed by atoms with Gasteiger partial charge in [-0.05, 0) is 37.1 Å². The predicted octanol–water partition coefficient (Wildman–Crippen LogP) is 3.62. The molecular formula is C16H16FNO. The third kappa shape index (κ3) is 3.41. The Morgan fingerprint density at radius 2 is 1.89 bits per heavy atom. The lowest BCUT2D eigenvalue weighted by molar-refractivity contribution is -0.115. The van der Waals surface area contributed by atoms with E-state index in [1.54, 1.807) is 18.2 Å². The van der Waals surface area contributed by atoms with E-state index in [2.05, 4.69) is 5.32 Å². The number of halogens is 1. The summed E-state index contributed by atoms with van der Waals surface area (Å²) < 4.78 is 13.4. The lowest BCUT2D eigenvalue weighted by atomic mass is 10.1. The Labute approximate surface area is 112 Å². The summed E-state index contributed by atoms with van der Waals surface area (Å²) in [5, 5.41) is 2.81. The number of carbonyl (C=O) groups excluding carboxylic acids is 1. The minimum Gasteiger partial charge on any atom is -0.326 e. The topological polar surface area (TPSA) is 29.1 Å². The van der Waals surface area contributed by atoms with Crippen LogP contribution >= 0.6 is 0 Å². The summed E-state index contributed by atoms with van der Waals surface area (Å²) in [5.41, 5.74) is 3.32. The van der Waals surface area contributed by atoms with Crippen molar-refractivity contribution in [2.24, 2.45) is 0 Å². The zero-order valence-electron chi connectivity index (χ0n) is 11.0. The third-order valence-corrected chi connectivity index (χ3v) is 2.96. The highest BCUT2D eigenvalue weighted by Crippen LogP contribution is 2.16. The molecule has 0 aliphatic carbocycles. The number of rotatable bonds is 3. The maximum atomic E-state index is 13.4. The van der Waals surface area contributed by atoms with Gasteiger partial charge in [0.2, 0.25) is 5.91 Å². The maximum Gasteiger partial charge on any atom is 0.228 e. The molecule has 0 saturated heterocycles. The molecule has 1 N–H and O–H groups in total. The van der Waals surface area contributed by atoms with Gasteiger partial charge < -0.3 is 5.32 Å². The van der Waals surface area contributed by atoms with Crippen LogP contribution in [0, 0.1) is 19.7 Å². The molecule has 98 valence electrons. The molecule has 2 nitrogen and oxygen atoms in total. The molecule has 0 atom stereocenters. The first-order valence-electron chi connectivity index (χ1n) is 6.17. The van der Waals surface area contributed by atoms with Crippen LogP contribution < -0.4 is 5.32 Å². The lowest BCUT2D eigenvalue weighted by Gasteiger charge is -2.09. The van der Waals surface area contributed by atoms with Crippen LogP contribution in [-0.2, 0) is 11.2 Å². The Hall–Kier alpha value is -2.16. The highest BCUT2D eigenvalue weighted by molar-refractivity contribution is 5.93. The normalized spacial score (nSPS) is 10.3. The molecule has 19 heavy (non-hydrogen) atoms. The Morgan fingerprint density at radius 1 is 1.16 bits per heavy atom. The van der Waals surface area contributed by atoms with Gasteiger partial charge in [-0.2, -0.15) is 0 Å². The largest absolute Gasteiger partial charge is 0.326 e. The monoisotopic (exact) mass is 257 g/mol. The third-order valence-electron chi connectivity index (χ3n) is 2.96. The first kappa shape index (κ1) is 13.3. The minimum absolute atomic E-state index is 0.0417. The Kier molecular flexibility index (Phi) is 3.95. The summed E-state index contributed by atoms with van der Waals surface area (Å²) in [6.07, 6.45) is 0.0417. The highest BCUT2D eigenvalue weighted by Gasteiger charge is 2.09. The van der Waals surface area contributed by atoms with Crippen molar-refractivity contribution in [3.63, 3.8) is 0 Å².